The first-order valence-corrected chi connectivity index (χ1v) is 12.4. The van der Waals surface area contributed by atoms with Gasteiger partial charge in [0.25, 0.3) is 5.91 Å². The van der Waals surface area contributed by atoms with Crippen molar-refractivity contribution in [3.8, 4) is 23.0 Å². The molecule has 2 aliphatic rings. The van der Waals surface area contributed by atoms with E-state index in [9.17, 15) is 9.59 Å². The predicted octanol–water partition coefficient (Wildman–Crippen LogP) is 5.25. The number of halogens is 1. The van der Waals surface area contributed by atoms with Crippen molar-refractivity contribution in [3.63, 3.8) is 0 Å². The number of methoxy groups -OCH3 is 2. The van der Waals surface area contributed by atoms with Crippen molar-refractivity contribution < 1.29 is 28.5 Å². The number of esters is 1. The molecule has 0 radical (unpaired) electrons. The van der Waals surface area contributed by atoms with Crippen LogP contribution in [-0.2, 0) is 4.79 Å². The molecule has 0 bridgehead atoms. The van der Waals surface area contributed by atoms with Crippen molar-refractivity contribution >= 4 is 56.6 Å². The minimum absolute atomic E-state index is 0.0346. The molecule has 9 nitrogen and oxygen atoms in total. The third-order valence-corrected chi connectivity index (χ3v) is 6.64. The Kier molecular flexibility index (Phi) is 7.51. The van der Waals surface area contributed by atoms with Crippen LogP contribution in [-0.4, -0.2) is 48.6 Å². The molecule has 2 aliphatic heterocycles. The van der Waals surface area contributed by atoms with Crippen molar-refractivity contribution in [2.24, 2.45) is 4.99 Å². The number of amidine groups is 2. The van der Waals surface area contributed by atoms with Crippen LogP contribution in [0.25, 0.3) is 6.08 Å². The number of benzene rings is 2. The van der Waals surface area contributed by atoms with Gasteiger partial charge in [0.05, 0.1) is 36.4 Å². The van der Waals surface area contributed by atoms with E-state index in [0.717, 1.165) is 4.91 Å². The molecule has 186 valence electrons. The normalized spacial score (nSPS) is 15.9. The first-order valence-electron chi connectivity index (χ1n) is 10.7. The highest BCUT2D eigenvalue weighted by Gasteiger charge is 2.33. The van der Waals surface area contributed by atoms with Gasteiger partial charge in [-0.25, -0.2) is 4.79 Å². The molecular weight excluding hydrogens is 550 g/mol. The summed E-state index contributed by atoms with van der Waals surface area (Å²) in [6, 6.07) is 8.02. The van der Waals surface area contributed by atoms with Gasteiger partial charge in [-0.15, -0.1) is 0 Å². The topological polar surface area (TPSA) is 111 Å². The van der Waals surface area contributed by atoms with Gasteiger partial charge in [-0.05, 0) is 71.7 Å². The fourth-order valence-corrected chi connectivity index (χ4v) is 4.87. The van der Waals surface area contributed by atoms with E-state index in [4.69, 9.17) is 24.4 Å². The number of aliphatic imine (C=N–C) groups is 1. The summed E-state index contributed by atoms with van der Waals surface area (Å²) in [4.78, 5) is 32.1. The average molecular weight is 572 g/mol. The maximum atomic E-state index is 12.9. The SMILES string of the molecule is CCOc1cc(C=C2C(=N)N3C=C(C)SC3=NC2=O)cc(Br)c1OC(=O)c1ccc(OC)c(OC)c1. The van der Waals surface area contributed by atoms with Gasteiger partial charge in [-0.1, -0.05) is 11.8 Å². The van der Waals surface area contributed by atoms with Crippen LogP contribution in [0, 0.1) is 5.41 Å². The number of amides is 1. The Morgan fingerprint density at radius 3 is 2.61 bits per heavy atom. The number of rotatable bonds is 7. The van der Waals surface area contributed by atoms with Gasteiger partial charge in [-0.3, -0.25) is 15.1 Å². The average Bonchev–Trinajstić information content (AvgIpc) is 3.23. The fourth-order valence-electron chi connectivity index (χ4n) is 3.52. The van der Waals surface area contributed by atoms with Gasteiger partial charge in [0.1, 0.15) is 5.84 Å². The molecule has 1 amide bonds. The number of hydrogen-bond acceptors (Lipinski definition) is 8. The lowest BCUT2D eigenvalue weighted by molar-refractivity contribution is -0.114. The Morgan fingerprint density at radius 2 is 1.92 bits per heavy atom. The second-order valence-corrected chi connectivity index (χ2v) is 9.61. The third-order valence-electron chi connectivity index (χ3n) is 5.15. The Morgan fingerprint density at radius 1 is 1.17 bits per heavy atom. The van der Waals surface area contributed by atoms with Crippen molar-refractivity contribution in [1.82, 2.24) is 4.90 Å². The van der Waals surface area contributed by atoms with Crippen LogP contribution in [0.1, 0.15) is 29.8 Å². The van der Waals surface area contributed by atoms with E-state index in [0.29, 0.717) is 39.1 Å². The van der Waals surface area contributed by atoms with Gasteiger partial charge in [0, 0.05) is 11.1 Å². The third kappa shape index (κ3) is 5.02. The van der Waals surface area contributed by atoms with Gasteiger partial charge >= 0.3 is 5.97 Å². The molecule has 0 atom stereocenters. The zero-order valence-electron chi connectivity index (χ0n) is 19.9. The van der Waals surface area contributed by atoms with Crippen LogP contribution in [0.5, 0.6) is 23.0 Å². The molecule has 0 saturated carbocycles. The number of carbonyl (C=O) groups excluding carboxylic acids is 2. The summed E-state index contributed by atoms with van der Waals surface area (Å²) in [6.45, 7) is 4.00. The molecule has 36 heavy (non-hydrogen) atoms. The van der Waals surface area contributed by atoms with E-state index >= 15 is 0 Å². The maximum Gasteiger partial charge on any atom is 0.343 e. The number of hydrogen-bond donors (Lipinski definition) is 1. The largest absolute Gasteiger partial charge is 0.493 e. The molecule has 1 N–H and O–H groups in total. The van der Waals surface area contributed by atoms with E-state index in [1.165, 1.54) is 32.0 Å². The molecule has 0 aliphatic carbocycles. The number of nitrogens with one attached hydrogen (secondary N) is 1. The van der Waals surface area contributed by atoms with E-state index < -0.39 is 11.9 Å². The molecule has 2 heterocycles. The summed E-state index contributed by atoms with van der Waals surface area (Å²) in [5.41, 5.74) is 0.959. The monoisotopic (exact) mass is 571 g/mol. The van der Waals surface area contributed by atoms with Crippen LogP contribution < -0.4 is 18.9 Å². The molecule has 4 rings (SSSR count). The number of carbonyl (C=O) groups is 2. The zero-order chi connectivity index (χ0) is 26.0. The summed E-state index contributed by atoms with van der Waals surface area (Å²) in [5, 5.41) is 8.96. The lowest BCUT2D eigenvalue weighted by Gasteiger charge is -2.22. The molecule has 0 spiro atoms. The molecular formula is C25H22BrN3O6S. The lowest BCUT2D eigenvalue weighted by Crippen LogP contribution is -2.35. The van der Waals surface area contributed by atoms with Crippen molar-refractivity contribution in [2.75, 3.05) is 20.8 Å². The minimum Gasteiger partial charge on any atom is -0.493 e. The van der Waals surface area contributed by atoms with E-state index in [1.54, 1.807) is 48.4 Å². The second-order valence-electron chi connectivity index (χ2n) is 7.54. The molecule has 2 aromatic rings. The van der Waals surface area contributed by atoms with Crippen LogP contribution in [0.15, 0.2) is 56.5 Å². The van der Waals surface area contributed by atoms with Crippen molar-refractivity contribution in [1.29, 1.82) is 5.41 Å². The maximum absolute atomic E-state index is 12.9. The van der Waals surface area contributed by atoms with Crippen molar-refractivity contribution in [3.05, 3.63) is 62.6 Å². The Bertz CT molecular complexity index is 1370. The number of nitrogens with zero attached hydrogens (tertiary/aromatic N) is 2. The summed E-state index contributed by atoms with van der Waals surface area (Å²) >= 11 is 4.79. The number of ether oxygens (including phenoxy) is 4. The lowest BCUT2D eigenvalue weighted by atomic mass is 10.1. The molecule has 0 saturated heterocycles. The fraction of sp³-hybridized carbons (Fsp3) is 0.200. The highest BCUT2D eigenvalue weighted by Crippen LogP contribution is 2.39. The minimum atomic E-state index is -0.622. The Hall–Kier alpha value is -3.57. The van der Waals surface area contributed by atoms with E-state index in [1.807, 2.05) is 6.92 Å². The van der Waals surface area contributed by atoms with Crippen LogP contribution >= 0.6 is 27.7 Å². The summed E-state index contributed by atoms with van der Waals surface area (Å²) in [5.74, 6) is 0.262. The van der Waals surface area contributed by atoms with E-state index in [2.05, 4.69) is 20.9 Å². The highest BCUT2D eigenvalue weighted by atomic mass is 79.9. The van der Waals surface area contributed by atoms with Gasteiger partial charge < -0.3 is 18.9 Å². The first-order chi connectivity index (χ1) is 17.2. The molecule has 0 unspecified atom stereocenters. The summed E-state index contributed by atoms with van der Waals surface area (Å²) in [7, 11) is 2.99. The quantitative estimate of drug-likeness (QED) is 0.272. The molecule has 0 aromatic heterocycles. The van der Waals surface area contributed by atoms with Gasteiger partial charge in [-0.2, -0.15) is 4.99 Å². The smallest absolute Gasteiger partial charge is 0.343 e. The van der Waals surface area contributed by atoms with Crippen LogP contribution in [0.3, 0.4) is 0 Å². The summed E-state index contributed by atoms with van der Waals surface area (Å²) < 4.78 is 22.3. The number of fused-ring (bicyclic) bond motifs is 1. The highest BCUT2D eigenvalue weighted by molar-refractivity contribution is 9.10. The molecule has 11 heteroatoms. The Balaban J connectivity index is 1.66. The second kappa shape index (κ2) is 10.6. The van der Waals surface area contributed by atoms with Gasteiger partial charge in [0.15, 0.2) is 28.2 Å². The van der Waals surface area contributed by atoms with E-state index in [-0.39, 0.29) is 22.7 Å². The standard InChI is InChI=1S/C25H22BrN3O6S/c1-5-34-20-10-14(8-16-22(27)29-12-13(2)36-25(29)28-23(16)30)9-17(26)21(20)35-24(31)15-6-7-18(32-3)19(11-15)33-4/h6-12,27H,5H2,1-4H3. The number of thioether (sulfide) groups is 1. The zero-order valence-corrected chi connectivity index (χ0v) is 22.3. The predicted molar refractivity (Wildman–Crippen MR) is 141 cm³/mol. The first kappa shape index (κ1) is 25.5. The Labute approximate surface area is 220 Å². The number of allylic oxidation sites excluding steroid dienone is 1. The molecule has 2 aromatic carbocycles. The van der Waals surface area contributed by atoms with Crippen molar-refractivity contribution in [2.45, 2.75) is 13.8 Å². The summed E-state index contributed by atoms with van der Waals surface area (Å²) in [6.07, 6.45) is 3.33. The van der Waals surface area contributed by atoms with Gasteiger partial charge in [0.2, 0.25) is 0 Å². The van der Waals surface area contributed by atoms with Crippen LogP contribution in [0.2, 0.25) is 0 Å². The molecule has 0 fully saturated rings. The van der Waals surface area contributed by atoms with Crippen LogP contribution in [0.4, 0.5) is 0 Å².